The van der Waals surface area contributed by atoms with Gasteiger partial charge in [-0.2, -0.15) is 0 Å². The van der Waals surface area contributed by atoms with Gasteiger partial charge in [-0.3, -0.25) is 0 Å². The summed E-state index contributed by atoms with van der Waals surface area (Å²) in [5.41, 5.74) is 7.90. The van der Waals surface area contributed by atoms with Gasteiger partial charge in [0.1, 0.15) is 0 Å². The van der Waals surface area contributed by atoms with Crippen LogP contribution in [0.2, 0.25) is 0 Å². The first-order valence-corrected chi connectivity index (χ1v) is 4.85. The van der Waals surface area contributed by atoms with Gasteiger partial charge in [-0.05, 0) is 24.0 Å². The molecule has 1 aliphatic rings. The fraction of sp³-hybridized carbons (Fsp3) is 0.636. The molecule has 2 N–H and O–H groups in total. The third-order valence-corrected chi connectivity index (χ3v) is 3.70. The molecule has 0 bridgehead atoms. The smallest absolute Gasteiger partial charge is 0.0285 e. The molecule has 2 rings (SSSR count). The predicted octanol–water partition coefficient (Wildman–Crippen LogP) is 1.65. The van der Waals surface area contributed by atoms with Crippen LogP contribution in [0.15, 0.2) is 18.3 Å². The lowest BCUT2D eigenvalue weighted by Crippen LogP contribution is -2.27. The molecule has 0 aromatic carbocycles. The third-order valence-electron chi connectivity index (χ3n) is 3.70. The molecule has 0 amide bonds. The Morgan fingerprint density at radius 3 is 2.46 bits per heavy atom. The highest BCUT2D eigenvalue weighted by molar-refractivity contribution is 5.33. The Kier molecular flexibility index (Phi) is 1.62. The molecule has 72 valence electrons. The van der Waals surface area contributed by atoms with Gasteiger partial charge in [0, 0.05) is 30.9 Å². The van der Waals surface area contributed by atoms with Gasteiger partial charge in [0.25, 0.3) is 0 Å². The second-order valence-corrected chi connectivity index (χ2v) is 4.85. The van der Waals surface area contributed by atoms with Crippen molar-refractivity contribution in [2.24, 2.45) is 18.2 Å². The van der Waals surface area contributed by atoms with Crippen molar-refractivity contribution in [2.75, 3.05) is 6.54 Å². The SMILES string of the molecule is Cn1cccc1C1(CN)CC1(C)C. The van der Waals surface area contributed by atoms with Gasteiger partial charge < -0.3 is 10.3 Å². The molecule has 13 heavy (non-hydrogen) atoms. The van der Waals surface area contributed by atoms with Crippen LogP contribution < -0.4 is 5.73 Å². The van der Waals surface area contributed by atoms with Crippen molar-refractivity contribution < 1.29 is 0 Å². The minimum Gasteiger partial charge on any atom is -0.354 e. The summed E-state index contributed by atoms with van der Waals surface area (Å²) in [6.45, 7) is 5.36. The number of hydrogen-bond donors (Lipinski definition) is 1. The van der Waals surface area contributed by atoms with Gasteiger partial charge in [0.15, 0.2) is 0 Å². The van der Waals surface area contributed by atoms with Crippen LogP contribution in [0, 0.1) is 5.41 Å². The van der Waals surface area contributed by atoms with Crippen molar-refractivity contribution in [3.05, 3.63) is 24.0 Å². The van der Waals surface area contributed by atoms with Gasteiger partial charge in [-0.25, -0.2) is 0 Å². The molecule has 0 radical (unpaired) electrons. The van der Waals surface area contributed by atoms with Gasteiger partial charge >= 0.3 is 0 Å². The topological polar surface area (TPSA) is 30.9 Å². The third kappa shape index (κ3) is 0.983. The van der Waals surface area contributed by atoms with E-state index in [0.717, 1.165) is 6.54 Å². The van der Waals surface area contributed by atoms with Crippen molar-refractivity contribution in [1.82, 2.24) is 4.57 Å². The van der Waals surface area contributed by atoms with Gasteiger partial charge in [-0.15, -0.1) is 0 Å². The molecule has 0 saturated heterocycles. The monoisotopic (exact) mass is 178 g/mol. The normalized spacial score (nSPS) is 30.5. The summed E-state index contributed by atoms with van der Waals surface area (Å²) in [5.74, 6) is 0. The van der Waals surface area contributed by atoms with Crippen LogP contribution in [0.4, 0.5) is 0 Å². The van der Waals surface area contributed by atoms with E-state index < -0.39 is 0 Å². The van der Waals surface area contributed by atoms with E-state index in [1.54, 1.807) is 0 Å². The molecule has 0 aliphatic heterocycles. The molecular formula is C11H18N2. The zero-order valence-electron chi connectivity index (χ0n) is 8.67. The molecule has 1 fully saturated rings. The highest BCUT2D eigenvalue weighted by Crippen LogP contribution is 2.63. The van der Waals surface area contributed by atoms with Crippen molar-refractivity contribution in [1.29, 1.82) is 0 Å². The second-order valence-electron chi connectivity index (χ2n) is 4.85. The molecule has 1 atom stereocenters. The van der Waals surface area contributed by atoms with E-state index in [0.29, 0.717) is 5.41 Å². The summed E-state index contributed by atoms with van der Waals surface area (Å²) >= 11 is 0. The number of rotatable bonds is 2. The van der Waals surface area contributed by atoms with E-state index in [4.69, 9.17) is 5.73 Å². The number of hydrogen-bond acceptors (Lipinski definition) is 1. The van der Waals surface area contributed by atoms with Crippen LogP contribution in [-0.2, 0) is 12.5 Å². The quantitative estimate of drug-likeness (QED) is 0.733. The zero-order valence-corrected chi connectivity index (χ0v) is 8.67. The first kappa shape index (κ1) is 8.82. The van der Waals surface area contributed by atoms with Crippen molar-refractivity contribution in [3.63, 3.8) is 0 Å². The first-order chi connectivity index (χ1) is 6.03. The maximum Gasteiger partial charge on any atom is 0.0285 e. The van der Waals surface area contributed by atoms with Crippen molar-refractivity contribution in [2.45, 2.75) is 25.7 Å². The van der Waals surface area contributed by atoms with Crippen LogP contribution in [-0.4, -0.2) is 11.1 Å². The Bertz CT molecular complexity index is 325. The van der Waals surface area contributed by atoms with Gasteiger partial charge in [-0.1, -0.05) is 13.8 Å². The van der Waals surface area contributed by atoms with E-state index in [1.807, 2.05) is 0 Å². The number of aryl methyl sites for hydroxylation is 1. The molecule has 1 saturated carbocycles. The Balaban J connectivity index is 2.41. The molecule has 1 aromatic rings. The average Bonchev–Trinajstić information content (AvgIpc) is 2.43. The lowest BCUT2D eigenvalue weighted by molar-refractivity contribution is 0.481. The summed E-state index contributed by atoms with van der Waals surface area (Å²) in [4.78, 5) is 0. The van der Waals surface area contributed by atoms with Crippen molar-refractivity contribution in [3.8, 4) is 0 Å². The lowest BCUT2D eigenvalue weighted by Gasteiger charge is -2.19. The second kappa shape index (κ2) is 2.38. The maximum absolute atomic E-state index is 5.89. The molecule has 1 aromatic heterocycles. The fourth-order valence-corrected chi connectivity index (χ4v) is 2.56. The average molecular weight is 178 g/mol. The van der Waals surface area contributed by atoms with Gasteiger partial charge in [0.05, 0.1) is 0 Å². The number of nitrogens with two attached hydrogens (primary N) is 1. The maximum atomic E-state index is 5.89. The number of aromatic nitrogens is 1. The summed E-state index contributed by atoms with van der Waals surface area (Å²) in [6, 6.07) is 4.29. The molecule has 2 nitrogen and oxygen atoms in total. The lowest BCUT2D eigenvalue weighted by atomic mass is 9.92. The highest BCUT2D eigenvalue weighted by Gasteiger charge is 2.62. The summed E-state index contributed by atoms with van der Waals surface area (Å²) in [5, 5.41) is 0. The fourth-order valence-electron chi connectivity index (χ4n) is 2.56. The number of nitrogens with zero attached hydrogens (tertiary/aromatic N) is 1. The Labute approximate surface area is 79.7 Å². The molecule has 1 heterocycles. The van der Waals surface area contributed by atoms with Crippen LogP contribution in [0.1, 0.15) is 26.0 Å². The largest absolute Gasteiger partial charge is 0.354 e. The molecule has 1 unspecified atom stereocenters. The van der Waals surface area contributed by atoms with Crippen LogP contribution in [0.3, 0.4) is 0 Å². The van der Waals surface area contributed by atoms with E-state index in [9.17, 15) is 0 Å². The van der Waals surface area contributed by atoms with Crippen molar-refractivity contribution >= 4 is 0 Å². The Morgan fingerprint density at radius 2 is 2.15 bits per heavy atom. The Hall–Kier alpha value is -0.760. The Morgan fingerprint density at radius 1 is 1.54 bits per heavy atom. The summed E-state index contributed by atoms with van der Waals surface area (Å²) in [6.07, 6.45) is 3.31. The standard InChI is InChI=1S/C11H18N2/c1-10(2)7-11(10,8-12)9-5-4-6-13(9)3/h4-6H,7-8,12H2,1-3H3. The molecule has 1 aliphatic carbocycles. The first-order valence-electron chi connectivity index (χ1n) is 4.85. The predicted molar refractivity (Wildman–Crippen MR) is 54.5 cm³/mol. The van der Waals surface area contributed by atoms with Crippen LogP contribution in [0.25, 0.3) is 0 Å². The summed E-state index contributed by atoms with van der Waals surface area (Å²) < 4.78 is 2.20. The summed E-state index contributed by atoms with van der Waals surface area (Å²) in [7, 11) is 2.10. The van der Waals surface area contributed by atoms with E-state index in [-0.39, 0.29) is 5.41 Å². The minimum atomic E-state index is 0.241. The molecule has 2 heteroatoms. The van der Waals surface area contributed by atoms with Crippen LogP contribution in [0.5, 0.6) is 0 Å². The zero-order chi connectivity index (χ0) is 9.69. The van der Waals surface area contributed by atoms with E-state index in [2.05, 4.69) is 43.8 Å². The van der Waals surface area contributed by atoms with Gasteiger partial charge in [0.2, 0.25) is 0 Å². The molecule has 0 spiro atoms. The molecular weight excluding hydrogens is 160 g/mol. The highest BCUT2D eigenvalue weighted by atomic mass is 15.0. The minimum absolute atomic E-state index is 0.241. The van der Waals surface area contributed by atoms with Crippen LogP contribution >= 0.6 is 0 Å². The van der Waals surface area contributed by atoms with E-state index >= 15 is 0 Å². The van der Waals surface area contributed by atoms with E-state index in [1.165, 1.54) is 12.1 Å².